The minimum Gasteiger partial charge on any atom is -0.504 e. The summed E-state index contributed by atoms with van der Waals surface area (Å²) in [6.45, 7) is 2.00. The van der Waals surface area contributed by atoms with Gasteiger partial charge in [0.25, 0.3) is 0 Å². The minimum absolute atomic E-state index is 0.0374. The highest BCUT2D eigenvalue weighted by Gasteiger charge is 2.54. The lowest BCUT2D eigenvalue weighted by atomic mass is 9.80. The fourth-order valence-corrected chi connectivity index (χ4v) is 4.31. The maximum Gasteiger partial charge on any atom is 0.321 e. The van der Waals surface area contributed by atoms with Crippen LogP contribution in [-0.4, -0.2) is 84.3 Å². The first kappa shape index (κ1) is 18.2. The second-order valence-corrected chi connectivity index (χ2v) is 7.12. The molecule has 0 aliphatic carbocycles. The Bertz CT molecular complexity index is 736. The molecule has 26 heavy (non-hydrogen) atoms. The monoisotopic (exact) mass is 362 g/mol. The van der Waals surface area contributed by atoms with Gasteiger partial charge in [0.05, 0.1) is 13.2 Å². The molecule has 3 rings (SSSR count). The molecule has 1 N–H and O–H groups in total. The molecular formula is C18H26N4O4. The maximum atomic E-state index is 12.8. The molecule has 2 aliphatic heterocycles. The van der Waals surface area contributed by atoms with Gasteiger partial charge >= 0.3 is 12.1 Å². The van der Waals surface area contributed by atoms with Crippen LogP contribution in [0.15, 0.2) is 18.2 Å². The number of ether oxygens (including phenoxy) is 1. The summed E-state index contributed by atoms with van der Waals surface area (Å²) in [6, 6.07) is 4.54. The van der Waals surface area contributed by atoms with Crippen molar-refractivity contribution in [2.24, 2.45) is 5.92 Å². The van der Waals surface area contributed by atoms with E-state index in [1.165, 1.54) is 7.11 Å². The van der Waals surface area contributed by atoms with Crippen molar-refractivity contribution in [1.82, 2.24) is 19.6 Å². The first-order chi connectivity index (χ1) is 12.2. The van der Waals surface area contributed by atoms with E-state index in [0.717, 1.165) is 5.56 Å². The Morgan fingerprint density at radius 3 is 2.12 bits per heavy atom. The molecule has 142 valence electrons. The molecule has 0 radical (unpaired) electrons. The molecule has 2 fully saturated rings. The lowest BCUT2D eigenvalue weighted by molar-refractivity contribution is -0.0652. The van der Waals surface area contributed by atoms with Crippen LogP contribution in [0.5, 0.6) is 11.5 Å². The van der Waals surface area contributed by atoms with Crippen LogP contribution in [0.2, 0.25) is 0 Å². The number of methoxy groups -OCH3 is 1. The largest absolute Gasteiger partial charge is 0.504 e. The van der Waals surface area contributed by atoms with Gasteiger partial charge < -0.3 is 29.4 Å². The van der Waals surface area contributed by atoms with Crippen molar-refractivity contribution in [3.05, 3.63) is 23.8 Å². The highest BCUT2D eigenvalue weighted by molar-refractivity contribution is 5.80. The predicted molar refractivity (Wildman–Crippen MR) is 96.0 cm³/mol. The van der Waals surface area contributed by atoms with Gasteiger partial charge in [-0.2, -0.15) is 0 Å². The fourth-order valence-electron chi connectivity index (χ4n) is 4.31. The quantitative estimate of drug-likeness (QED) is 0.870. The zero-order chi connectivity index (χ0) is 19.3. The van der Waals surface area contributed by atoms with Crippen molar-refractivity contribution in [1.29, 1.82) is 0 Å². The van der Waals surface area contributed by atoms with Crippen LogP contribution in [0.3, 0.4) is 0 Å². The molecule has 4 atom stereocenters. The number of urea groups is 2. The zero-order valence-electron chi connectivity index (χ0n) is 16.0. The number of phenolic OH excluding ortho intramolecular Hbond substituents is 1. The van der Waals surface area contributed by atoms with Crippen molar-refractivity contribution < 1.29 is 19.4 Å². The van der Waals surface area contributed by atoms with Gasteiger partial charge in [-0.15, -0.1) is 0 Å². The standard InChI is InChI=1S/C18H26N4O4/c1-10-14-15(11-7-8-12(23)13(9-11)26-6)20(3)18(25)22(5)16(14)21(4)17(24)19(10)2/h7-10,14-16,23H,1-6H3/t10-,14+,15+,16-/m1/s1. The third-order valence-electron chi connectivity index (χ3n) is 5.84. The summed E-state index contributed by atoms with van der Waals surface area (Å²) in [6.07, 6.45) is -0.345. The molecule has 0 bridgehead atoms. The number of fused-ring (bicyclic) bond motifs is 1. The van der Waals surface area contributed by atoms with Crippen LogP contribution in [0.25, 0.3) is 0 Å². The Morgan fingerprint density at radius 2 is 1.54 bits per heavy atom. The average molecular weight is 362 g/mol. The molecule has 8 nitrogen and oxygen atoms in total. The van der Waals surface area contributed by atoms with E-state index in [4.69, 9.17) is 4.74 Å². The molecule has 0 aromatic heterocycles. The second-order valence-electron chi connectivity index (χ2n) is 7.12. The summed E-state index contributed by atoms with van der Waals surface area (Å²) in [5.74, 6) is 0.375. The molecule has 2 heterocycles. The van der Waals surface area contributed by atoms with Crippen molar-refractivity contribution in [2.45, 2.75) is 25.2 Å². The Kier molecular flexibility index (Phi) is 4.37. The van der Waals surface area contributed by atoms with Crippen molar-refractivity contribution in [3.63, 3.8) is 0 Å². The molecule has 0 saturated carbocycles. The van der Waals surface area contributed by atoms with Crippen LogP contribution in [0.1, 0.15) is 18.5 Å². The van der Waals surface area contributed by atoms with Gasteiger partial charge in [-0.3, -0.25) is 0 Å². The van der Waals surface area contributed by atoms with Gasteiger partial charge in [-0.1, -0.05) is 6.07 Å². The van der Waals surface area contributed by atoms with E-state index in [1.807, 2.05) is 6.92 Å². The van der Waals surface area contributed by atoms with E-state index in [-0.39, 0.29) is 42.0 Å². The van der Waals surface area contributed by atoms with E-state index >= 15 is 0 Å². The summed E-state index contributed by atoms with van der Waals surface area (Å²) >= 11 is 0. The smallest absolute Gasteiger partial charge is 0.321 e. The normalized spacial score (nSPS) is 29.2. The number of carbonyl (C=O) groups excluding carboxylic acids is 2. The van der Waals surface area contributed by atoms with Gasteiger partial charge in [0, 0.05) is 40.2 Å². The van der Waals surface area contributed by atoms with Gasteiger partial charge in [0.2, 0.25) is 0 Å². The molecule has 0 spiro atoms. The van der Waals surface area contributed by atoms with Crippen LogP contribution in [-0.2, 0) is 0 Å². The molecule has 1 aromatic carbocycles. The van der Waals surface area contributed by atoms with Gasteiger partial charge in [0.1, 0.15) is 6.17 Å². The number of amides is 4. The lowest BCUT2D eigenvalue weighted by Crippen LogP contribution is -2.71. The topological polar surface area (TPSA) is 76.6 Å². The zero-order valence-corrected chi connectivity index (χ0v) is 16.0. The number of benzene rings is 1. The predicted octanol–water partition coefficient (Wildman–Crippen LogP) is 1.77. The average Bonchev–Trinajstić information content (AvgIpc) is 2.63. The van der Waals surface area contributed by atoms with E-state index in [2.05, 4.69) is 0 Å². The van der Waals surface area contributed by atoms with E-state index < -0.39 is 0 Å². The third kappa shape index (κ3) is 2.43. The number of nitrogens with zero attached hydrogens (tertiary/aromatic N) is 4. The molecule has 4 amide bonds. The Morgan fingerprint density at radius 1 is 0.962 bits per heavy atom. The van der Waals surface area contributed by atoms with Gasteiger partial charge in [0.15, 0.2) is 11.5 Å². The van der Waals surface area contributed by atoms with Crippen molar-refractivity contribution in [2.75, 3.05) is 35.3 Å². The van der Waals surface area contributed by atoms with Crippen molar-refractivity contribution >= 4 is 12.1 Å². The van der Waals surface area contributed by atoms with Crippen LogP contribution >= 0.6 is 0 Å². The summed E-state index contributed by atoms with van der Waals surface area (Å²) in [7, 11) is 8.50. The Labute approximate surface area is 153 Å². The molecule has 0 unspecified atom stereocenters. The molecule has 2 aliphatic rings. The number of carbonyl (C=O) groups is 2. The Balaban J connectivity index is 2.13. The van der Waals surface area contributed by atoms with Gasteiger partial charge in [-0.05, 0) is 24.6 Å². The van der Waals surface area contributed by atoms with Gasteiger partial charge in [-0.25, -0.2) is 9.59 Å². The third-order valence-corrected chi connectivity index (χ3v) is 5.84. The summed E-state index contributed by atoms with van der Waals surface area (Å²) in [5.41, 5.74) is 0.863. The minimum atomic E-state index is -0.345. The summed E-state index contributed by atoms with van der Waals surface area (Å²) < 4.78 is 5.24. The first-order valence-electron chi connectivity index (χ1n) is 8.56. The SMILES string of the molecule is COc1cc([C@H]2[C@H]3[C@H](N(C)C(=O)N(C)[C@@H]3C)N(C)C(=O)N2C)ccc1O. The number of hydrogen-bond acceptors (Lipinski definition) is 4. The molecule has 8 heteroatoms. The number of phenols is 1. The summed E-state index contributed by atoms with van der Waals surface area (Å²) in [5, 5.41) is 9.92. The number of rotatable bonds is 2. The van der Waals surface area contributed by atoms with Crippen LogP contribution in [0, 0.1) is 5.92 Å². The van der Waals surface area contributed by atoms with Crippen molar-refractivity contribution in [3.8, 4) is 11.5 Å². The van der Waals surface area contributed by atoms with Crippen LogP contribution < -0.4 is 4.74 Å². The molecule has 2 saturated heterocycles. The van der Waals surface area contributed by atoms with E-state index in [9.17, 15) is 14.7 Å². The number of hydrogen-bond donors (Lipinski definition) is 1. The first-order valence-corrected chi connectivity index (χ1v) is 8.56. The van der Waals surface area contributed by atoms with Crippen LogP contribution in [0.4, 0.5) is 9.59 Å². The van der Waals surface area contributed by atoms with E-state index in [0.29, 0.717) is 5.75 Å². The highest BCUT2D eigenvalue weighted by atomic mass is 16.5. The fraction of sp³-hybridized carbons (Fsp3) is 0.556. The second kappa shape index (κ2) is 6.26. The lowest BCUT2D eigenvalue weighted by Gasteiger charge is -2.57. The summed E-state index contributed by atoms with van der Waals surface area (Å²) in [4.78, 5) is 32.1. The molecule has 1 aromatic rings. The number of aromatic hydroxyl groups is 1. The van der Waals surface area contributed by atoms with E-state index in [1.54, 1.807) is 66.0 Å². The Hall–Kier alpha value is -2.64. The maximum absolute atomic E-state index is 12.8. The highest BCUT2D eigenvalue weighted by Crippen LogP contribution is 2.44. The molecular weight excluding hydrogens is 336 g/mol.